The average Bonchev–Trinajstić information content (AvgIpc) is 3.32. The summed E-state index contributed by atoms with van der Waals surface area (Å²) in [6, 6.07) is 37.6. The van der Waals surface area contributed by atoms with E-state index in [0.29, 0.717) is 0 Å². The van der Waals surface area contributed by atoms with Crippen LogP contribution in [0, 0.1) is 0 Å². The van der Waals surface area contributed by atoms with Gasteiger partial charge in [0.2, 0.25) is 5.69 Å². The minimum atomic E-state index is -0.169. The van der Waals surface area contributed by atoms with Crippen molar-refractivity contribution < 1.29 is 4.58 Å². The van der Waals surface area contributed by atoms with Gasteiger partial charge < -0.3 is 4.90 Å². The van der Waals surface area contributed by atoms with Crippen molar-refractivity contribution in [3.63, 3.8) is 0 Å². The molecule has 0 bridgehead atoms. The summed E-state index contributed by atoms with van der Waals surface area (Å²) in [5, 5.41) is 5.24. The predicted octanol–water partition coefficient (Wildman–Crippen LogP) is 9.09. The molecule has 2 nitrogen and oxygen atoms in total. The maximum absolute atomic E-state index is 2.43. The summed E-state index contributed by atoms with van der Waals surface area (Å²) in [5.74, 6) is 0. The third-order valence-electron chi connectivity index (χ3n) is 9.57. The van der Waals surface area contributed by atoms with Gasteiger partial charge >= 0.3 is 0 Å². The number of allylic oxidation sites excluding steroid dienone is 4. The van der Waals surface area contributed by atoms with Crippen molar-refractivity contribution >= 4 is 38.6 Å². The van der Waals surface area contributed by atoms with Crippen LogP contribution in [0.4, 0.5) is 11.4 Å². The van der Waals surface area contributed by atoms with E-state index in [-0.39, 0.29) is 10.8 Å². The third-order valence-corrected chi connectivity index (χ3v) is 9.57. The molecular weight excluding hydrogens is 496 g/mol. The second-order valence-electron chi connectivity index (χ2n) is 12.4. The molecule has 5 aromatic carbocycles. The molecule has 2 aliphatic heterocycles. The molecule has 0 N–H and O–H groups in total. The molecule has 2 heterocycles. The Bertz CT molecular complexity index is 1920. The fourth-order valence-electron chi connectivity index (χ4n) is 7.58. The van der Waals surface area contributed by atoms with Crippen LogP contribution in [0.5, 0.6) is 0 Å². The van der Waals surface area contributed by atoms with Crippen molar-refractivity contribution in [2.24, 2.45) is 0 Å². The van der Waals surface area contributed by atoms with E-state index in [0.717, 1.165) is 6.42 Å². The number of nitrogens with zero attached hydrogens (tertiary/aromatic N) is 2. The van der Waals surface area contributed by atoms with Crippen LogP contribution < -0.4 is 4.90 Å². The standard InChI is InChI=1S/C39H37N2/c1-38(2)32-24-22-29-17-10-12-19-31(29)37(32)41(5)34(38)20-13-21-35-39(3,26-27-14-7-6-8-15-27)36-30-18-11-9-16-28(30)23-25-33(36)40(35)4/h6-25H,26H2,1-5H3/q+1. The Balaban J connectivity index is 1.36. The highest BCUT2D eigenvalue weighted by Gasteiger charge is 2.45. The molecule has 5 aromatic rings. The van der Waals surface area contributed by atoms with Crippen LogP contribution in [0.25, 0.3) is 21.5 Å². The highest BCUT2D eigenvalue weighted by molar-refractivity contribution is 6.07. The first-order valence-corrected chi connectivity index (χ1v) is 14.6. The van der Waals surface area contributed by atoms with Crippen LogP contribution in [0.3, 0.4) is 0 Å². The Morgan fingerprint density at radius 1 is 0.732 bits per heavy atom. The lowest BCUT2D eigenvalue weighted by Crippen LogP contribution is -2.29. The molecule has 0 saturated carbocycles. The second kappa shape index (κ2) is 9.31. The molecule has 202 valence electrons. The van der Waals surface area contributed by atoms with Crippen LogP contribution in [-0.2, 0) is 17.3 Å². The third kappa shape index (κ3) is 3.81. The summed E-state index contributed by atoms with van der Waals surface area (Å²) in [6.45, 7) is 7.12. The molecule has 0 spiro atoms. The van der Waals surface area contributed by atoms with Gasteiger partial charge in [-0.05, 0) is 72.7 Å². The first-order valence-electron chi connectivity index (χ1n) is 14.6. The Hall–Kier alpha value is -4.43. The van der Waals surface area contributed by atoms with Gasteiger partial charge in [0.25, 0.3) is 0 Å². The smallest absolute Gasteiger partial charge is 0.217 e. The summed E-state index contributed by atoms with van der Waals surface area (Å²) in [7, 11) is 4.44. The fourth-order valence-corrected chi connectivity index (χ4v) is 7.58. The van der Waals surface area contributed by atoms with Crippen molar-refractivity contribution in [3.05, 3.63) is 144 Å². The summed E-state index contributed by atoms with van der Waals surface area (Å²) < 4.78 is 2.40. The number of hydrogen-bond acceptors (Lipinski definition) is 1. The fraction of sp³-hybridized carbons (Fsp3) is 0.205. The highest BCUT2D eigenvalue weighted by Crippen LogP contribution is 2.52. The first kappa shape index (κ1) is 25.5. The second-order valence-corrected chi connectivity index (χ2v) is 12.4. The van der Waals surface area contributed by atoms with Crippen LogP contribution in [0.2, 0.25) is 0 Å². The number of likely N-dealkylation sites (N-methyl/N-ethyl adjacent to an activating group) is 1. The van der Waals surface area contributed by atoms with Gasteiger partial charge in [-0.25, -0.2) is 0 Å². The molecule has 0 saturated heterocycles. The van der Waals surface area contributed by atoms with E-state index >= 15 is 0 Å². The molecule has 2 heteroatoms. The van der Waals surface area contributed by atoms with Crippen LogP contribution >= 0.6 is 0 Å². The van der Waals surface area contributed by atoms with E-state index in [1.165, 1.54) is 61.0 Å². The Labute approximate surface area is 243 Å². The van der Waals surface area contributed by atoms with Gasteiger partial charge in [-0.3, -0.25) is 0 Å². The zero-order chi connectivity index (χ0) is 28.4. The van der Waals surface area contributed by atoms with E-state index in [1.54, 1.807) is 0 Å². The van der Waals surface area contributed by atoms with Gasteiger partial charge in [0.05, 0.1) is 10.8 Å². The Morgan fingerprint density at radius 2 is 1.37 bits per heavy atom. The van der Waals surface area contributed by atoms with E-state index in [4.69, 9.17) is 0 Å². The number of anilines is 1. The number of rotatable bonds is 4. The van der Waals surface area contributed by atoms with E-state index in [2.05, 4.69) is 166 Å². The summed E-state index contributed by atoms with van der Waals surface area (Å²) >= 11 is 0. The van der Waals surface area contributed by atoms with Crippen molar-refractivity contribution in [3.8, 4) is 0 Å². The van der Waals surface area contributed by atoms with Gasteiger partial charge in [-0.1, -0.05) is 97.1 Å². The van der Waals surface area contributed by atoms with Crippen molar-refractivity contribution in [1.82, 2.24) is 0 Å². The van der Waals surface area contributed by atoms with Crippen molar-refractivity contribution in [1.29, 1.82) is 0 Å². The molecule has 0 amide bonds. The topological polar surface area (TPSA) is 6.25 Å². The molecule has 41 heavy (non-hydrogen) atoms. The largest absolute Gasteiger partial charge is 0.347 e. The van der Waals surface area contributed by atoms with Gasteiger partial charge in [0, 0.05) is 35.5 Å². The van der Waals surface area contributed by atoms with Crippen molar-refractivity contribution in [2.75, 3.05) is 19.0 Å². The molecule has 1 atom stereocenters. The Morgan fingerprint density at radius 3 is 2.12 bits per heavy atom. The molecule has 0 aromatic heterocycles. The van der Waals surface area contributed by atoms with Crippen LogP contribution in [-0.4, -0.2) is 24.4 Å². The molecule has 0 radical (unpaired) electrons. The number of benzene rings is 5. The summed E-state index contributed by atoms with van der Waals surface area (Å²) in [5.41, 5.74) is 9.17. The van der Waals surface area contributed by atoms with Gasteiger partial charge in [0.15, 0.2) is 5.71 Å². The maximum atomic E-state index is 2.43. The number of fused-ring (bicyclic) bond motifs is 6. The van der Waals surface area contributed by atoms with Gasteiger partial charge in [-0.15, -0.1) is 0 Å². The lowest BCUT2D eigenvalue weighted by Gasteiger charge is -2.29. The van der Waals surface area contributed by atoms with E-state index in [1.807, 2.05) is 0 Å². The summed E-state index contributed by atoms with van der Waals surface area (Å²) in [4.78, 5) is 2.41. The molecule has 2 aliphatic rings. The zero-order valence-electron chi connectivity index (χ0n) is 24.6. The Kier molecular flexibility index (Phi) is 5.80. The predicted molar refractivity (Wildman–Crippen MR) is 175 cm³/mol. The van der Waals surface area contributed by atoms with Crippen molar-refractivity contribution in [2.45, 2.75) is 38.0 Å². The quantitative estimate of drug-likeness (QED) is 0.209. The molecule has 1 unspecified atom stereocenters. The van der Waals surface area contributed by atoms with Gasteiger partial charge in [0.1, 0.15) is 7.05 Å². The van der Waals surface area contributed by atoms with E-state index in [9.17, 15) is 0 Å². The van der Waals surface area contributed by atoms with E-state index < -0.39 is 0 Å². The normalized spacial score (nSPS) is 20.5. The molecule has 0 aliphatic carbocycles. The highest BCUT2D eigenvalue weighted by atomic mass is 15.2. The first-order chi connectivity index (χ1) is 19.8. The lowest BCUT2D eigenvalue weighted by atomic mass is 9.74. The zero-order valence-corrected chi connectivity index (χ0v) is 24.6. The molecule has 7 rings (SSSR count). The molecular formula is C39H37N2+. The minimum absolute atomic E-state index is 0.0861. The number of hydrogen-bond donors (Lipinski definition) is 0. The van der Waals surface area contributed by atoms with Gasteiger partial charge in [-0.2, -0.15) is 4.58 Å². The average molecular weight is 534 g/mol. The monoisotopic (exact) mass is 533 g/mol. The van der Waals surface area contributed by atoms with Crippen LogP contribution in [0.1, 0.15) is 37.5 Å². The van der Waals surface area contributed by atoms with Crippen LogP contribution in [0.15, 0.2) is 127 Å². The molecule has 0 fully saturated rings. The minimum Gasteiger partial charge on any atom is -0.347 e. The SMILES string of the molecule is CN1/C(=C/C=C/C2=[N+](C)c3c(ccc4ccccc34)C2(C)C)C(C)(Cc2ccccc2)c2c1ccc1ccccc21. The lowest BCUT2D eigenvalue weighted by molar-refractivity contribution is -0.399. The summed E-state index contributed by atoms with van der Waals surface area (Å²) in [6.07, 6.45) is 7.92. The maximum Gasteiger partial charge on any atom is 0.217 e.